The van der Waals surface area contributed by atoms with E-state index in [2.05, 4.69) is 10.6 Å². The molecule has 51 heavy (non-hydrogen) atoms. The number of piperazine rings is 1. The molecular weight excluding hydrogens is 706 g/mol. The average molecular weight is 747 g/mol. The van der Waals surface area contributed by atoms with E-state index in [1.165, 1.54) is 6.07 Å². The Hall–Kier alpha value is -3.68. The molecular formula is C37H40Cl2F3N5O4. The molecule has 2 amide bonds. The molecule has 0 spiro atoms. The number of nitrogens with zero attached hydrogens (tertiary/aromatic N) is 3. The summed E-state index contributed by atoms with van der Waals surface area (Å²) < 4.78 is 47.7. The van der Waals surface area contributed by atoms with Gasteiger partial charge in [0, 0.05) is 47.7 Å². The maximum atomic E-state index is 15.0. The number of nitrogens with one attached hydrogen (secondary N) is 2. The van der Waals surface area contributed by atoms with E-state index in [1.807, 2.05) is 29.2 Å². The van der Waals surface area contributed by atoms with E-state index in [4.69, 9.17) is 27.9 Å². The van der Waals surface area contributed by atoms with Gasteiger partial charge in [0.25, 0.3) is 5.91 Å². The van der Waals surface area contributed by atoms with Gasteiger partial charge in [0.2, 0.25) is 5.91 Å². The Bertz CT molecular complexity index is 1660. The molecule has 3 aromatic carbocycles. The number of hydrogen-bond acceptors (Lipinski definition) is 7. The van der Waals surface area contributed by atoms with Gasteiger partial charge < -0.3 is 19.3 Å². The van der Waals surface area contributed by atoms with Crippen molar-refractivity contribution >= 4 is 41.3 Å². The molecule has 0 bridgehead atoms. The molecule has 2 N–H and O–H groups in total. The molecule has 0 aliphatic carbocycles. The maximum absolute atomic E-state index is 15.0. The molecule has 272 valence electrons. The first-order valence-electron chi connectivity index (χ1n) is 17.1. The van der Waals surface area contributed by atoms with Crippen molar-refractivity contribution in [2.24, 2.45) is 5.92 Å². The summed E-state index contributed by atoms with van der Waals surface area (Å²) in [4.78, 5) is 44.9. The second-order valence-electron chi connectivity index (χ2n) is 13.1. The third-order valence-corrected chi connectivity index (χ3v) is 10.5. The van der Waals surface area contributed by atoms with Crippen LogP contribution in [0.5, 0.6) is 5.75 Å². The highest BCUT2D eigenvalue weighted by atomic mass is 35.5. The van der Waals surface area contributed by atoms with Gasteiger partial charge in [-0.05, 0) is 80.4 Å². The Balaban J connectivity index is 1.35. The van der Waals surface area contributed by atoms with Crippen LogP contribution in [0.25, 0.3) is 0 Å². The zero-order valence-electron chi connectivity index (χ0n) is 28.1. The van der Waals surface area contributed by atoms with Crippen LogP contribution in [0.3, 0.4) is 0 Å². The van der Waals surface area contributed by atoms with Gasteiger partial charge in [-0.3, -0.25) is 25.1 Å². The van der Waals surface area contributed by atoms with Crippen molar-refractivity contribution in [2.75, 3.05) is 52.4 Å². The van der Waals surface area contributed by atoms with Crippen molar-refractivity contribution in [3.05, 3.63) is 99.0 Å². The lowest BCUT2D eigenvalue weighted by Gasteiger charge is -2.42. The van der Waals surface area contributed by atoms with E-state index in [1.54, 1.807) is 41.0 Å². The molecule has 0 aromatic heterocycles. The van der Waals surface area contributed by atoms with Crippen LogP contribution < -0.4 is 15.4 Å². The molecule has 2 atom stereocenters. The molecule has 14 heteroatoms. The summed E-state index contributed by atoms with van der Waals surface area (Å²) in [6.07, 6.45) is -2.44. The zero-order valence-corrected chi connectivity index (χ0v) is 29.6. The number of aldehydes is 1. The number of ether oxygens (including phenoxy) is 1. The van der Waals surface area contributed by atoms with Crippen LogP contribution >= 0.6 is 23.2 Å². The largest absolute Gasteiger partial charge is 0.493 e. The molecule has 3 saturated heterocycles. The molecule has 0 radical (unpaired) electrons. The summed E-state index contributed by atoms with van der Waals surface area (Å²) in [6, 6.07) is 16.4. The summed E-state index contributed by atoms with van der Waals surface area (Å²) in [5.74, 6) is -0.609. The molecule has 2 unspecified atom stereocenters. The summed E-state index contributed by atoms with van der Waals surface area (Å²) in [5, 5.41) is 8.10. The highest BCUT2D eigenvalue weighted by molar-refractivity contribution is 6.30. The lowest BCUT2D eigenvalue weighted by atomic mass is 9.94. The van der Waals surface area contributed by atoms with Crippen LogP contribution in [0.15, 0.2) is 66.7 Å². The molecule has 3 fully saturated rings. The summed E-state index contributed by atoms with van der Waals surface area (Å²) in [7, 11) is 0. The summed E-state index contributed by atoms with van der Waals surface area (Å²) >= 11 is 12.5. The van der Waals surface area contributed by atoms with Crippen LogP contribution in [-0.2, 0) is 26.2 Å². The van der Waals surface area contributed by atoms with Gasteiger partial charge >= 0.3 is 6.18 Å². The van der Waals surface area contributed by atoms with E-state index < -0.39 is 35.4 Å². The third kappa shape index (κ3) is 7.90. The van der Waals surface area contributed by atoms with Gasteiger partial charge in [-0.1, -0.05) is 53.5 Å². The van der Waals surface area contributed by atoms with Crippen LogP contribution in [0.2, 0.25) is 10.0 Å². The fourth-order valence-electron chi connectivity index (χ4n) is 7.34. The predicted molar refractivity (Wildman–Crippen MR) is 187 cm³/mol. The minimum atomic E-state index is -4.64. The number of piperidine rings is 1. The SMILES string of the molecule is CCOc1cc(C(F)(F)F)ccc1C1(C(=O)N2CCN(C(=O)C3CCN(CC=O)CC3)CC2)NC(c2ccc(Cl)cc2)C(c2ccc(Cl)cc2)N1. The number of carbonyl (C=O) groups is 3. The van der Waals surface area contributed by atoms with Crippen molar-refractivity contribution in [1.29, 1.82) is 0 Å². The quantitative estimate of drug-likeness (QED) is 0.267. The number of likely N-dealkylation sites (tertiary alicyclic amines) is 1. The monoisotopic (exact) mass is 745 g/mol. The average Bonchev–Trinajstić information content (AvgIpc) is 3.53. The van der Waals surface area contributed by atoms with Crippen molar-refractivity contribution in [3.8, 4) is 5.75 Å². The van der Waals surface area contributed by atoms with Gasteiger partial charge in [-0.15, -0.1) is 0 Å². The first-order chi connectivity index (χ1) is 24.4. The molecule has 3 aliphatic rings. The Morgan fingerprint density at radius 3 is 1.86 bits per heavy atom. The van der Waals surface area contributed by atoms with E-state index in [0.717, 1.165) is 29.5 Å². The fraction of sp³-hybridized carbons (Fsp3) is 0.432. The lowest BCUT2D eigenvalue weighted by molar-refractivity contribution is -0.147. The highest BCUT2D eigenvalue weighted by Gasteiger charge is 2.55. The first kappa shape index (κ1) is 37.1. The Kier molecular flexibility index (Phi) is 11.3. The molecule has 3 aromatic rings. The summed E-state index contributed by atoms with van der Waals surface area (Å²) in [6.45, 7) is 4.50. The lowest BCUT2D eigenvalue weighted by Crippen LogP contribution is -2.62. The van der Waals surface area contributed by atoms with Crippen LogP contribution in [0.1, 0.15) is 54.1 Å². The smallest absolute Gasteiger partial charge is 0.416 e. The minimum absolute atomic E-state index is 0.0339. The predicted octanol–water partition coefficient (Wildman–Crippen LogP) is 5.82. The van der Waals surface area contributed by atoms with Gasteiger partial charge in [0.05, 0.1) is 30.8 Å². The minimum Gasteiger partial charge on any atom is -0.493 e. The Morgan fingerprint density at radius 1 is 0.843 bits per heavy atom. The molecule has 3 heterocycles. The van der Waals surface area contributed by atoms with Crippen LogP contribution in [0, 0.1) is 5.92 Å². The molecule has 6 rings (SSSR count). The van der Waals surface area contributed by atoms with Crippen molar-refractivity contribution < 1.29 is 32.3 Å². The second-order valence-corrected chi connectivity index (χ2v) is 14.0. The van der Waals surface area contributed by atoms with Crippen molar-refractivity contribution in [1.82, 2.24) is 25.3 Å². The third-order valence-electron chi connectivity index (χ3n) is 10.0. The van der Waals surface area contributed by atoms with E-state index >= 15 is 4.79 Å². The second kappa shape index (κ2) is 15.5. The number of alkyl halides is 3. The Labute approximate surface area is 305 Å². The van der Waals surface area contributed by atoms with Gasteiger partial charge in [0.1, 0.15) is 12.0 Å². The number of rotatable bonds is 9. The fourth-order valence-corrected chi connectivity index (χ4v) is 7.59. The molecule has 0 saturated carbocycles. The van der Waals surface area contributed by atoms with Crippen molar-refractivity contribution in [2.45, 2.75) is 43.7 Å². The summed E-state index contributed by atoms with van der Waals surface area (Å²) in [5.41, 5.74) is -0.843. The highest BCUT2D eigenvalue weighted by Crippen LogP contribution is 2.46. The molecule has 3 aliphatic heterocycles. The van der Waals surface area contributed by atoms with Crippen molar-refractivity contribution in [3.63, 3.8) is 0 Å². The van der Waals surface area contributed by atoms with Gasteiger partial charge in [-0.25, -0.2) is 0 Å². The van der Waals surface area contributed by atoms with Crippen LogP contribution in [-0.4, -0.2) is 85.2 Å². The van der Waals surface area contributed by atoms with E-state index in [9.17, 15) is 22.8 Å². The molecule has 9 nitrogen and oxygen atoms in total. The topological polar surface area (TPSA) is 94.2 Å². The van der Waals surface area contributed by atoms with E-state index in [0.29, 0.717) is 55.6 Å². The first-order valence-corrected chi connectivity index (χ1v) is 17.8. The van der Waals surface area contributed by atoms with Gasteiger partial charge in [-0.2, -0.15) is 13.2 Å². The number of hydrogen-bond donors (Lipinski definition) is 2. The van der Waals surface area contributed by atoms with E-state index in [-0.39, 0.29) is 42.8 Å². The Morgan fingerprint density at radius 2 is 1.37 bits per heavy atom. The standard InChI is InChI=1S/C37H40Cl2F3N5O4/c1-2-51-31-23-27(37(40,41)42)7-12-30(31)36(35(50)47-19-17-46(18-20-47)34(49)26-13-15-45(16-14-26)21-22-48)43-32(24-3-8-28(38)9-4-24)33(44-36)25-5-10-29(39)11-6-25/h3-12,22-23,26,32-33,43-44H,2,13-21H2,1H3. The number of benzene rings is 3. The maximum Gasteiger partial charge on any atom is 0.416 e. The zero-order chi connectivity index (χ0) is 36.3. The van der Waals surface area contributed by atoms with Crippen LogP contribution in [0.4, 0.5) is 13.2 Å². The number of halogens is 5. The van der Waals surface area contributed by atoms with Gasteiger partial charge in [0.15, 0.2) is 5.66 Å². The normalized spacial score (nSPS) is 23.3. The number of carbonyl (C=O) groups excluding carboxylic acids is 3. The number of amides is 2.